The van der Waals surface area contributed by atoms with Crippen LogP contribution in [0.3, 0.4) is 0 Å². The van der Waals surface area contributed by atoms with E-state index in [4.69, 9.17) is 11.6 Å². The van der Waals surface area contributed by atoms with Gasteiger partial charge in [0, 0.05) is 28.0 Å². The number of carbonyl (C=O) groups excluding carboxylic acids is 1. The Kier molecular flexibility index (Phi) is 6.43. The van der Waals surface area contributed by atoms with Crippen molar-refractivity contribution < 1.29 is 4.79 Å². The molecule has 34 heavy (non-hydrogen) atoms. The van der Waals surface area contributed by atoms with Crippen molar-refractivity contribution in [1.82, 2.24) is 9.47 Å². The zero-order valence-electron chi connectivity index (χ0n) is 19.3. The van der Waals surface area contributed by atoms with Crippen molar-refractivity contribution in [3.63, 3.8) is 0 Å². The van der Waals surface area contributed by atoms with E-state index in [9.17, 15) is 4.79 Å². The highest BCUT2D eigenvalue weighted by atomic mass is 35.5. The number of para-hydroxylation sites is 1. The van der Waals surface area contributed by atoms with Gasteiger partial charge in [-0.2, -0.15) is 0 Å². The van der Waals surface area contributed by atoms with Crippen molar-refractivity contribution in [2.45, 2.75) is 38.8 Å². The molecule has 0 radical (unpaired) electrons. The molecule has 1 saturated heterocycles. The highest BCUT2D eigenvalue weighted by Crippen LogP contribution is 2.43. The highest BCUT2D eigenvalue weighted by Gasteiger charge is 2.35. The van der Waals surface area contributed by atoms with Crippen molar-refractivity contribution >= 4 is 28.4 Å². The maximum absolute atomic E-state index is 13.5. The van der Waals surface area contributed by atoms with Gasteiger partial charge in [-0.25, -0.2) is 0 Å². The number of likely N-dealkylation sites (tertiary alicyclic amines) is 1. The molecule has 3 aromatic carbocycles. The summed E-state index contributed by atoms with van der Waals surface area (Å²) in [6, 6.07) is 26.6. The standard InChI is InChI=1S/C30H27ClN2O/c1-2-3-19-33-26-13-8-7-12-25(26)29(23-10-5-4-6-11-23)30(33)27-14-9-20-32(27)28(34)21-22-15-17-24(31)18-16-22/h4-8,10-13,15-18,27H,9,14,19-21H2,1H3. The molecule has 0 saturated carbocycles. The first kappa shape index (κ1) is 22.3. The monoisotopic (exact) mass is 466 g/mol. The molecule has 3 nitrogen and oxygen atoms in total. The minimum Gasteiger partial charge on any atom is -0.334 e. The molecule has 170 valence electrons. The van der Waals surface area contributed by atoms with E-state index in [-0.39, 0.29) is 11.9 Å². The average Bonchev–Trinajstić information content (AvgIpc) is 3.47. The number of aromatic nitrogens is 1. The Morgan fingerprint density at radius 3 is 2.50 bits per heavy atom. The molecule has 1 fully saturated rings. The van der Waals surface area contributed by atoms with Gasteiger partial charge in [-0.15, -0.1) is 5.92 Å². The number of hydrogen-bond donors (Lipinski definition) is 0. The predicted molar refractivity (Wildman–Crippen MR) is 140 cm³/mol. The predicted octanol–water partition coefficient (Wildman–Crippen LogP) is 6.89. The SMILES string of the molecule is CC#CCn1c(C2CCCN2C(=O)Cc2ccc(Cl)cc2)c(-c2ccccc2)c2ccccc21. The Morgan fingerprint density at radius 2 is 1.74 bits per heavy atom. The molecule has 5 rings (SSSR count). The van der Waals surface area contributed by atoms with E-state index >= 15 is 0 Å². The molecule has 0 bridgehead atoms. The van der Waals surface area contributed by atoms with E-state index < -0.39 is 0 Å². The normalized spacial score (nSPS) is 15.4. The Morgan fingerprint density at radius 1 is 1.00 bits per heavy atom. The third-order valence-corrected chi connectivity index (χ3v) is 6.90. The Hall–Kier alpha value is -3.48. The smallest absolute Gasteiger partial charge is 0.227 e. The Balaban J connectivity index is 1.63. The van der Waals surface area contributed by atoms with Crippen LogP contribution in [0.2, 0.25) is 5.02 Å². The first-order valence-electron chi connectivity index (χ1n) is 11.8. The minimum absolute atomic E-state index is 0.0149. The maximum Gasteiger partial charge on any atom is 0.227 e. The lowest BCUT2D eigenvalue weighted by Gasteiger charge is -2.27. The van der Waals surface area contributed by atoms with E-state index in [0.29, 0.717) is 18.0 Å². The largest absolute Gasteiger partial charge is 0.334 e. The van der Waals surface area contributed by atoms with E-state index in [1.807, 2.05) is 37.3 Å². The van der Waals surface area contributed by atoms with E-state index in [0.717, 1.165) is 30.5 Å². The summed E-state index contributed by atoms with van der Waals surface area (Å²) < 4.78 is 2.33. The lowest BCUT2D eigenvalue weighted by Crippen LogP contribution is -2.33. The van der Waals surface area contributed by atoms with Gasteiger partial charge in [0.25, 0.3) is 0 Å². The maximum atomic E-state index is 13.5. The summed E-state index contributed by atoms with van der Waals surface area (Å²) in [4.78, 5) is 15.6. The molecule has 0 N–H and O–H groups in total. The van der Waals surface area contributed by atoms with E-state index in [2.05, 4.69) is 69.8 Å². The first-order chi connectivity index (χ1) is 16.7. The van der Waals surface area contributed by atoms with Gasteiger partial charge in [0.05, 0.1) is 24.7 Å². The molecule has 0 spiro atoms. The molecule has 0 aliphatic carbocycles. The second-order valence-electron chi connectivity index (χ2n) is 8.70. The number of rotatable bonds is 5. The van der Waals surface area contributed by atoms with Crippen LogP contribution in [0.15, 0.2) is 78.9 Å². The van der Waals surface area contributed by atoms with Crippen LogP contribution in [0.1, 0.15) is 37.1 Å². The summed E-state index contributed by atoms with van der Waals surface area (Å²) in [6.07, 6.45) is 2.32. The summed E-state index contributed by atoms with van der Waals surface area (Å²) in [6.45, 7) is 3.25. The molecule has 1 aliphatic rings. The van der Waals surface area contributed by atoms with Crippen molar-refractivity contribution in [3.05, 3.63) is 95.1 Å². The number of halogens is 1. The fraction of sp³-hybridized carbons (Fsp3) is 0.233. The van der Waals surface area contributed by atoms with Crippen molar-refractivity contribution in [1.29, 1.82) is 0 Å². The molecule has 1 unspecified atom stereocenters. The highest BCUT2D eigenvalue weighted by molar-refractivity contribution is 6.30. The molecule has 1 aromatic heterocycles. The molecule has 1 atom stereocenters. The summed E-state index contributed by atoms with van der Waals surface area (Å²) in [5, 5.41) is 1.89. The topological polar surface area (TPSA) is 25.2 Å². The van der Waals surface area contributed by atoms with Gasteiger partial charge in [-0.05, 0) is 49.1 Å². The van der Waals surface area contributed by atoms with Crippen LogP contribution in [-0.4, -0.2) is 21.9 Å². The number of amides is 1. The first-order valence-corrected chi connectivity index (χ1v) is 12.1. The second kappa shape index (κ2) is 9.79. The number of hydrogen-bond acceptors (Lipinski definition) is 1. The van der Waals surface area contributed by atoms with Gasteiger partial charge in [-0.3, -0.25) is 4.79 Å². The Labute approximate surface area is 206 Å². The van der Waals surface area contributed by atoms with E-state index in [1.54, 1.807) is 0 Å². The number of nitrogens with zero attached hydrogens (tertiary/aromatic N) is 2. The van der Waals surface area contributed by atoms with Crippen molar-refractivity contribution in [2.75, 3.05) is 6.54 Å². The molecular weight excluding hydrogens is 440 g/mol. The van der Waals surface area contributed by atoms with Crippen LogP contribution in [0.4, 0.5) is 0 Å². The van der Waals surface area contributed by atoms with Gasteiger partial charge < -0.3 is 9.47 Å². The fourth-order valence-electron chi connectivity index (χ4n) is 5.13. The van der Waals surface area contributed by atoms with Crippen molar-refractivity contribution in [3.8, 4) is 23.0 Å². The zero-order chi connectivity index (χ0) is 23.5. The van der Waals surface area contributed by atoms with Crippen LogP contribution in [0, 0.1) is 11.8 Å². The zero-order valence-corrected chi connectivity index (χ0v) is 20.1. The molecule has 4 heteroatoms. The quantitative estimate of drug-likeness (QED) is 0.294. The second-order valence-corrected chi connectivity index (χ2v) is 9.14. The number of carbonyl (C=O) groups is 1. The van der Waals surface area contributed by atoms with Gasteiger partial charge >= 0.3 is 0 Å². The lowest BCUT2D eigenvalue weighted by atomic mass is 9.97. The van der Waals surface area contributed by atoms with Gasteiger partial charge in [0.2, 0.25) is 5.91 Å². The number of benzene rings is 3. The number of fused-ring (bicyclic) bond motifs is 1. The van der Waals surface area contributed by atoms with Crippen LogP contribution < -0.4 is 0 Å². The van der Waals surface area contributed by atoms with Crippen LogP contribution in [-0.2, 0) is 17.8 Å². The fourth-order valence-corrected chi connectivity index (χ4v) is 5.26. The van der Waals surface area contributed by atoms with Crippen LogP contribution >= 0.6 is 11.6 Å². The van der Waals surface area contributed by atoms with Gasteiger partial charge in [-0.1, -0.05) is 78.2 Å². The molecular formula is C30H27ClN2O. The summed E-state index contributed by atoms with van der Waals surface area (Å²) in [7, 11) is 0. The van der Waals surface area contributed by atoms with Crippen LogP contribution in [0.5, 0.6) is 0 Å². The summed E-state index contributed by atoms with van der Waals surface area (Å²) in [5.41, 5.74) is 5.73. The molecule has 1 amide bonds. The molecule has 1 aliphatic heterocycles. The van der Waals surface area contributed by atoms with Gasteiger partial charge in [0.15, 0.2) is 0 Å². The minimum atomic E-state index is 0.0149. The lowest BCUT2D eigenvalue weighted by molar-refractivity contribution is -0.131. The van der Waals surface area contributed by atoms with E-state index in [1.165, 1.54) is 22.2 Å². The van der Waals surface area contributed by atoms with Crippen LogP contribution in [0.25, 0.3) is 22.0 Å². The average molecular weight is 467 g/mol. The van der Waals surface area contributed by atoms with Gasteiger partial charge in [0.1, 0.15) is 0 Å². The van der Waals surface area contributed by atoms with Crippen molar-refractivity contribution in [2.24, 2.45) is 0 Å². The molecule has 4 aromatic rings. The third kappa shape index (κ3) is 4.22. The third-order valence-electron chi connectivity index (χ3n) is 6.64. The summed E-state index contributed by atoms with van der Waals surface area (Å²) >= 11 is 6.04. The Bertz CT molecular complexity index is 1380. The molecule has 2 heterocycles. The summed E-state index contributed by atoms with van der Waals surface area (Å²) in [5.74, 6) is 6.48.